The van der Waals surface area contributed by atoms with E-state index >= 15 is 0 Å². The first-order chi connectivity index (χ1) is 20.2. The van der Waals surface area contributed by atoms with Crippen LogP contribution in [0.2, 0.25) is 0 Å². The van der Waals surface area contributed by atoms with Crippen molar-refractivity contribution in [2.45, 2.75) is 90.8 Å². The molecule has 10 heteroatoms. The zero-order valence-corrected chi connectivity index (χ0v) is 26.0. The molecule has 0 saturated carbocycles. The number of imide groups is 1. The lowest BCUT2D eigenvalue weighted by molar-refractivity contribution is -0.160. The van der Waals surface area contributed by atoms with Crippen LogP contribution in [0.1, 0.15) is 65.5 Å². The molecular weight excluding hydrogens is 552 g/mol. The molecule has 2 atom stereocenters. The maximum atomic E-state index is 13.4. The zero-order chi connectivity index (χ0) is 31.8. The fraction of sp³-hybridized carbons (Fsp3) is 0.455. The highest BCUT2D eigenvalue weighted by Gasteiger charge is 2.42. The van der Waals surface area contributed by atoms with Crippen molar-refractivity contribution in [1.82, 2.24) is 9.80 Å². The van der Waals surface area contributed by atoms with Gasteiger partial charge in [-0.2, -0.15) is 4.90 Å². The van der Waals surface area contributed by atoms with Crippen LogP contribution in [0.15, 0.2) is 72.4 Å². The molecule has 2 amide bonds. The highest BCUT2D eigenvalue weighted by atomic mass is 16.6. The molecule has 0 unspecified atom stereocenters. The van der Waals surface area contributed by atoms with Gasteiger partial charge in [0, 0.05) is 12.6 Å². The van der Waals surface area contributed by atoms with Gasteiger partial charge in [-0.1, -0.05) is 60.7 Å². The molecule has 3 rings (SSSR count). The van der Waals surface area contributed by atoms with Crippen molar-refractivity contribution in [2.75, 3.05) is 7.11 Å². The molecule has 43 heavy (non-hydrogen) atoms. The summed E-state index contributed by atoms with van der Waals surface area (Å²) in [5.74, 6) is -1.34. The summed E-state index contributed by atoms with van der Waals surface area (Å²) in [4.78, 5) is 55.8. The largest absolute Gasteiger partial charge is 0.464 e. The highest BCUT2D eigenvalue weighted by Crippen LogP contribution is 2.31. The first-order valence-corrected chi connectivity index (χ1v) is 14.2. The normalized spacial score (nSPS) is 17.6. The van der Waals surface area contributed by atoms with Crippen LogP contribution in [0, 0.1) is 0 Å². The third kappa shape index (κ3) is 9.95. The minimum absolute atomic E-state index is 0.141. The maximum Gasteiger partial charge on any atom is 0.424 e. The Morgan fingerprint density at radius 1 is 0.814 bits per heavy atom. The lowest BCUT2D eigenvalue weighted by Gasteiger charge is -2.31. The smallest absolute Gasteiger partial charge is 0.424 e. The Kier molecular flexibility index (Phi) is 11.1. The summed E-state index contributed by atoms with van der Waals surface area (Å²) in [6.07, 6.45) is 0.137. The fourth-order valence-electron chi connectivity index (χ4n) is 4.60. The number of likely N-dealkylation sites (tertiary alicyclic amines) is 1. The summed E-state index contributed by atoms with van der Waals surface area (Å²) in [7, 11) is 1.15. The number of hydrogen-bond donors (Lipinski definition) is 0. The van der Waals surface area contributed by atoms with Crippen LogP contribution in [0.4, 0.5) is 9.59 Å². The molecule has 0 bridgehead atoms. The average Bonchev–Trinajstić information content (AvgIpc) is 3.32. The van der Waals surface area contributed by atoms with Gasteiger partial charge in [0.1, 0.15) is 29.5 Å². The minimum atomic E-state index is -1.11. The summed E-state index contributed by atoms with van der Waals surface area (Å²) in [5, 5.41) is 0. The SMILES string of the molecule is COC(=O)/C(=C/[C@H]1CC[C@@H](C(=O)OC(C)(C)C)N1Cc1ccccc1)N(C(=O)OCc1ccccc1)C(=O)OC(C)(C)C. The lowest BCUT2D eigenvalue weighted by Crippen LogP contribution is -2.45. The number of benzene rings is 2. The predicted octanol–water partition coefficient (Wildman–Crippen LogP) is 5.99. The van der Waals surface area contributed by atoms with Gasteiger partial charge >= 0.3 is 24.1 Å². The van der Waals surface area contributed by atoms with E-state index in [4.69, 9.17) is 18.9 Å². The summed E-state index contributed by atoms with van der Waals surface area (Å²) < 4.78 is 21.7. The van der Waals surface area contributed by atoms with Crippen LogP contribution in [-0.2, 0) is 41.7 Å². The molecule has 1 aliphatic rings. The summed E-state index contributed by atoms with van der Waals surface area (Å²) in [5.41, 5.74) is -0.430. The number of nitrogens with zero attached hydrogens (tertiary/aromatic N) is 2. The lowest BCUT2D eigenvalue weighted by atomic mass is 10.1. The quantitative estimate of drug-likeness (QED) is 0.207. The number of ether oxygens (including phenoxy) is 4. The van der Waals surface area contributed by atoms with E-state index in [0.29, 0.717) is 29.8 Å². The topological polar surface area (TPSA) is 112 Å². The average molecular weight is 595 g/mol. The maximum absolute atomic E-state index is 13.4. The third-order valence-electron chi connectivity index (χ3n) is 6.40. The fourth-order valence-corrected chi connectivity index (χ4v) is 4.60. The van der Waals surface area contributed by atoms with E-state index in [9.17, 15) is 19.2 Å². The van der Waals surface area contributed by atoms with E-state index in [0.717, 1.165) is 12.7 Å². The summed E-state index contributed by atoms with van der Waals surface area (Å²) in [6, 6.07) is 17.3. The highest BCUT2D eigenvalue weighted by molar-refractivity contribution is 6.01. The second-order valence-corrected chi connectivity index (χ2v) is 12.3. The second-order valence-electron chi connectivity index (χ2n) is 12.3. The molecule has 2 aromatic rings. The summed E-state index contributed by atoms with van der Waals surface area (Å²) >= 11 is 0. The van der Waals surface area contributed by atoms with E-state index in [-0.39, 0.29) is 12.3 Å². The predicted molar refractivity (Wildman–Crippen MR) is 159 cm³/mol. The molecule has 0 radical (unpaired) electrons. The van der Waals surface area contributed by atoms with Crippen molar-refractivity contribution in [2.24, 2.45) is 0 Å². The minimum Gasteiger partial charge on any atom is -0.464 e. The Labute approximate surface area is 253 Å². The number of amides is 2. The first-order valence-electron chi connectivity index (χ1n) is 14.2. The Balaban J connectivity index is 2.03. The van der Waals surface area contributed by atoms with Crippen molar-refractivity contribution in [1.29, 1.82) is 0 Å². The molecule has 0 spiro atoms. The van der Waals surface area contributed by atoms with Crippen molar-refractivity contribution < 1.29 is 38.1 Å². The van der Waals surface area contributed by atoms with E-state index in [1.54, 1.807) is 65.8 Å². The van der Waals surface area contributed by atoms with Crippen LogP contribution in [0.5, 0.6) is 0 Å². The molecule has 1 aliphatic heterocycles. The van der Waals surface area contributed by atoms with Gasteiger partial charge in [0.15, 0.2) is 0 Å². The number of carbonyl (C=O) groups excluding carboxylic acids is 4. The monoisotopic (exact) mass is 594 g/mol. The van der Waals surface area contributed by atoms with Gasteiger partial charge in [0.25, 0.3) is 0 Å². The number of hydrogen-bond acceptors (Lipinski definition) is 9. The van der Waals surface area contributed by atoms with Crippen LogP contribution >= 0.6 is 0 Å². The second kappa shape index (κ2) is 14.3. The third-order valence-corrected chi connectivity index (χ3v) is 6.40. The van der Waals surface area contributed by atoms with Crippen LogP contribution in [0.25, 0.3) is 0 Å². The molecular formula is C33H42N2O8. The van der Waals surface area contributed by atoms with E-state index in [1.807, 2.05) is 41.3 Å². The van der Waals surface area contributed by atoms with Gasteiger partial charge in [-0.05, 0) is 71.6 Å². The van der Waals surface area contributed by atoms with Crippen molar-refractivity contribution in [3.63, 3.8) is 0 Å². The van der Waals surface area contributed by atoms with E-state index in [1.165, 1.54) is 6.08 Å². The molecule has 1 saturated heterocycles. The molecule has 0 N–H and O–H groups in total. The molecule has 0 aliphatic carbocycles. The van der Waals surface area contributed by atoms with Crippen molar-refractivity contribution in [3.05, 3.63) is 83.6 Å². The molecule has 1 fully saturated rings. The van der Waals surface area contributed by atoms with Crippen LogP contribution < -0.4 is 0 Å². The zero-order valence-electron chi connectivity index (χ0n) is 26.0. The van der Waals surface area contributed by atoms with Gasteiger partial charge in [-0.25, -0.2) is 14.4 Å². The Morgan fingerprint density at radius 3 is 1.91 bits per heavy atom. The van der Waals surface area contributed by atoms with Crippen molar-refractivity contribution in [3.8, 4) is 0 Å². The number of carbonyl (C=O) groups is 4. The van der Waals surface area contributed by atoms with E-state index in [2.05, 4.69) is 0 Å². The number of rotatable bonds is 8. The standard InChI is InChI=1S/C33H42N2O8/c1-32(2,3)42-29(37)26-19-18-25(34(26)21-23-14-10-8-11-15-23)20-27(28(36)40-7)35(31(39)43-33(4,5)6)30(38)41-22-24-16-12-9-13-17-24/h8-17,20,25-26H,18-19,21-22H2,1-7H3/b27-20-/t25-,26+/m1/s1. The molecule has 0 aromatic heterocycles. The van der Waals surface area contributed by atoms with Gasteiger partial charge in [0.05, 0.1) is 7.11 Å². The van der Waals surface area contributed by atoms with Gasteiger partial charge in [0.2, 0.25) is 0 Å². The van der Waals surface area contributed by atoms with Gasteiger partial charge < -0.3 is 18.9 Å². The summed E-state index contributed by atoms with van der Waals surface area (Å²) in [6.45, 7) is 10.5. The van der Waals surface area contributed by atoms with E-state index < -0.39 is 47.4 Å². The number of methoxy groups -OCH3 is 1. The van der Waals surface area contributed by atoms with Crippen LogP contribution in [0.3, 0.4) is 0 Å². The number of esters is 2. The van der Waals surface area contributed by atoms with Gasteiger partial charge in [-0.3, -0.25) is 9.69 Å². The Bertz CT molecular complexity index is 1300. The molecule has 2 aromatic carbocycles. The van der Waals surface area contributed by atoms with Crippen LogP contribution in [-0.4, -0.2) is 64.3 Å². The Hall–Kier alpha value is -4.18. The van der Waals surface area contributed by atoms with Crippen molar-refractivity contribution >= 4 is 24.1 Å². The molecule has 10 nitrogen and oxygen atoms in total. The molecule has 1 heterocycles. The van der Waals surface area contributed by atoms with Gasteiger partial charge in [-0.15, -0.1) is 0 Å². The Morgan fingerprint density at radius 2 is 1.37 bits per heavy atom. The first kappa shape index (κ1) is 33.3. The molecule has 232 valence electrons.